The molecule has 85 heavy (non-hydrogen) atoms. The first-order chi connectivity index (χ1) is 39.6. The second kappa shape index (κ2) is 35.6. The van der Waals surface area contributed by atoms with Gasteiger partial charge >= 0.3 is 31.7 Å². The number of carbonyl (C=O) groups is 13. The van der Waals surface area contributed by atoms with Crippen LogP contribution >= 0.6 is 19.6 Å². The van der Waals surface area contributed by atoms with Crippen molar-refractivity contribution in [1.29, 1.82) is 0 Å². The van der Waals surface area contributed by atoms with Gasteiger partial charge in [-0.3, -0.25) is 62.1 Å². The van der Waals surface area contributed by atoms with Crippen molar-refractivity contribution in [2.45, 2.75) is 166 Å². The number of phosphoric ester groups is 1. The highest BCUT2D eigenvalue weighted by Gasteiger charge is 2.39. The topological polar surface area (TPSA) is 534 Å². The van der Waals surface area contributed by atoms with Crippen molar-refractivity contribution < 1.29 is 102 Å². The first-order valence-electron chi connectivity index (χ1n) is 26.8. The lowest BCUT2D eigenvalue weighted by Crippen LogP contribution is -2.62. The summed E-state index contributed by atoms with van der Waals surface area (Å²) in [5, 5.41) is 57.7. The van der Waals surface area contributed by atoms with Crippen LogP contribution in [0.2, 0.25) is 0 Å². The number of primary amides is 1. The molecular formula is C51H78N11O21PS. The Morgan fingerprint density at radius 2 is 0.976 bits per heavy atom. The molecule has 0 bridgehead atoms. The molecule has 2 rings (SSSR count). The van der Waals surface area contributed by atoms with E-state index in [1.165, 1.54) is 31.8 Å². The fourth-order valence-corrected chi connectivity index (χ4v) is 9.36. The number of carboxylic acids is 4. The molecule has 1 heterocycles. The van der Waals surface area contributed by atoms with Gasteiger partial charge in [0.25, 0.3) is 0 Å². The fourth-order valence-electron chi connectivity index (χ4n) is 8.34. The van der Waals surface area contributed by atoms with Crippen LogP contribution in [0.15, 0.2) is 30.5 Å². The smallest absolute Gasteiger partial charge is 0.469 e. The Hall–Kier alpha value is -7.71. The summed E-state index contributed by atoms with van der Waals surface area (Å²) in [7, 11) is -5.49. The van der Waals surface area contributed by atoms with Crippen LogP contribution in [0.25, 0.3) is 10.9 Å². The minimum Gasteiger partial charge on any atom is -0.481 e. The van der Waals surface area contributed by atoms with Crippen LogP contribution < -0.4 is 54.0 Å². The Labute approximate surface area is 492 Å². The van der Waals surface area contributed by atoms with Crippen LogP contribution in [0.1, 0.15) is 104 Å². The predicted octanol–water partition coefficient (Wildman–Crippen LogP) is -2.19. The number of hydrogen-bond donors (Lipinski definition) is 17. The average molecular weight is 1240 g/mol. The molecule has 9 amide bonds. The van der Waals surface area contributed by atoms with Gasteiger partial charge in [0.15, 0.2) is 0 Å². The summed E-state index contributed by atoms with van der Waals surface area (Å²) in [5.41, 5.74) is 12.2. The number of hydrogen-bond acceptors (Lipinski definition) is 17. The van der Waals surface area contributed by atoms with Crippen LogP contribution in [0.5, 0.6) is 0 Å². The van der Waals surface area contributed by atoms with Gasteiger partial charge in [-0.05, 0) is 80.9 Å². The Bertz CT molecular complexity index is 2760. The largest absolute Gasteiger partial charge is 0.481 e. The molecule has 1 aromatic carbocycles. The van der Waals surface area contributed by atoms with Gasteiger partial charge in [0.1, 0.15) is 48.3 Å². The highest BCUT2D eigenvalue weighted by molar-refractivity contribution is 7.98. The van der Waals surface area contributed by atoms with Crippen LogP contribution in [0.3, 0.4) is 0 Å². The van der Waals surface area contributed by atoms with Crippen molar-refractivity contribution in [2.24, 2.45) is 23.3 Å². The summed E-state index contributed by atoms with van der Waals surface area (Å²) in [6.45, 7) is 7.40. The van der Waals surface area contributed by atoms with Crippen molar-refractivity contribution in [3.63, 3.8) is 0 Å². The number of rotatable bonds is 40. The number of phosphoric acid groups is 1. The summed E-state index contributed by atoms with van der Waals surface area (Å²) in [5.74, 6) is -16.8. The summed E-state index contributed by atoms with van der Waals surface area (Å²) in [4.78, 5) is 194. The number of carboxylic acid groups (broad SMARTS) is 4. The average Bonchev–Trinajstić information content (AvgIpc) is 2.84. The Kier molecular flexibility index (Phi) is 30.7. The number of fused-ring (bicyclic) bond motifs is 1. The third-order valence-corrected chi connectivity index (χ3v) is 14.0. The second-order valence-corrected chi connectivity index (χ2v) is 22.8. The molecule has 0 spiro atoms. The minimum absolute atomic E-state index is 0.0232. The molecule has 0 aliphatic heterocycles. The normalized spacial score (nSPS) is 15.0. The van der Waals surface area contributed by atoms with E-state index in [2.05, 4.69) is 47.5 Å². The molecule has 0 aliphatic rings. The van der Waals surface area contributed by atoms with E-state index in [0.717, 1.165) is 6.92 Å². The molecule has 19 N–H and O–H groups in total. The van der Waals surface area contributed by atoms with Gasteiger partial charge in [-0.15, -0.1) is 0 Å². The third kappa shape index (κ3) is 26.8. The van der Waals surface area contributed by atoms with Gasteiger partial charge in [-0.1, -0.05) is 45.9 Å². The maximum atomic E-state index is 14.6. The van der Waals surface area contributed by atoms with Gasteiger partial charge in [-0.2, -0.15) is 11.8 Å². The third-order valence-electron chi connectivity index (χ3n) is 12.8. The summed E-state index contributed by atoms with van der Waals surface area (Å²) < 4.78 is 16.8. The van der Waals surface area contributed by atoms with Crippen molar-refractivity contribution in [1.82, 2.24) is 47.5 Å². The zero-order valence-electron chi connectivity index (χ0n) is 47.6. The number of benzene rings is 1. The van der Waals surface area contributed by atoms with Crippen LogP contribution in [0.4, 0.5) is 0 Å². The molecule has 0 saturated carbocycles. The van der Waals surface area contributed by atoms with E-state index in [1.54, 1.807) is 44.4 Å². The second-order valence-electron chi connectivity index (χ2n) is 20.6. The number of nitrogens with two attached hydrogens (primary N) is 2. The molecule has 0 fully saturated rings. The number of carbonyl (C=O) groups excluding carboxylic acids is 9. The molecule has 2 aromatic rings. The zero-order valence-corrected chi connectivity index (χ0v) is 49.3. The quantitative estimate of drug-likeness (QED) is 0.0315. The fraction of sp³-hybridized carbons (Fsp3) is 0.588. The van der Waals surface area contributed by atoms with Crippen molar-refractivity contribution in [2.75, 3.05) is 12.0 Å². The Morgan fingerprint density at radius 1 is 0.565 bits per heavy atom. The van der Waals surface area contributed by atoms with Gasteiger partial charge < -0.3 is 89.2 Å². The van der Waals surface area contributed by atoms with E-state index in [9.17, 15) is 97.1 Å². The molecule has 0 radical (unpaired) electrons. The molecule has 0 saturated heterocycles. The Morgan fingerprint density at radius 3 is 1.41 bits per heavy atom. The highest BCUT2D eigenvalue weighted by Crippen LogP contribution is 2.38. The van der Waals surface area contributed by atoms with E-state index in [4.69, 9.17) is 16.0 Å². The maximum Gasteiger partial charge on any atom is 0.469 e. The summed E-state index contributed by atoms with van der Waals surface area (Å²) in [6, 6.07) is -8.84. The molecule has 0 unspecified atom stereocenters. The molecule has 10 atom stereocenters. The monoisotopic (exact) mass is 1240 g/mol. The van der Waals surface area contributed by atoms with Gasteiger partial charge in [0, 0.05) is 49.2 Å². The molecule has 474 valence electrons. The Balaban J connectivity index is 2.69. The molecular weight excluding hydrogens is 1170 g/mol. The van der Waals surface area contributed by atoms with Gasteiger partial charge in [-0.25, -0.2) is 9.36 Å². The molecule has 34 heteroatoms. The first-order valence-corrected chi connectivity index (χ1v) is 29.7. The van der Waals surface area contributed by atoms with E-state index in [0.29, 0.717) is 22.2 Å². The lowest BCUT2D eigenvalue weighted by Gasteiger charge is -2.30. The zero-order chi connectivity index (χ0) is 64.5. The number of H-pyrrole nitrogens is 1. The number of amides is 9. The number of nitrogens with one attached hydrogen (secondary N) is 9. The first kappa shape index (κ1) is 73.4. The van der Waals surface area contributed by atoms with Crippen molar-refractivity contribution in [3.8, 4) is 0 Å². The van der Waals surface area contributed by atoms with Crippen LogP contribution in [-0.4, -0.2) is 185 Å². The van der Waals surface area contributed by atoms with Gasteiger partial charge in [0.2, 0.25) is 53.2 Å². The molecule has 0 aliphatic carbocycles. The standard InChI is InChI=1S/C51H78N11O21PS/c1-24(2)21-29(52)43(70)55-31(11-15-37(53)63)44(71)56-32(12-16-38(64)65)45(72)57-33(13-17-39(66)67)46(73)60-36(22-27-23-54-30-10-8-7-9-28(27)30)48(75)58-34(14-18-40(68)69)47(74)62-42(26(5)83-84(80,81)82)50(77)61-41(25(3)4)49(76)59-35(51(78)79)19-20-85-6/h7-10,23-26,29,31-36,41-42,54H,11-22,52H2,1-6H3,(H2,53,63)(H,55,70)(H,56,71)(H,57,72)(H,58,75)(H,59,76)(H,60,73)(H,61,77)(H,62,74)(H,64,65)(H,66,67)(H,68,69)(H,78,79)(H2,80,81,82)/t26-,29+,31+,32+,33+,34+,35+,36+,41+,42+/m1/s1. The van der Waals surface area contributed by atoms with Crippen LogP contribution in [0, 0.1) is 11.8 Å². The van der Waals surface area contributed by atoms with E-state index < -0.39 is 209 Å². The predicted molar refractivity (Wildman–Crippen MR) is 302 cm³/mol. The lowest BCUT2D eigenvalue weighted by atomic mass is 10.0. The van der Waals surface area contributed by atoms with E-state index in [-0.39, 0.29) is 18.8 Å². The number of aromatic amines is 1. The van der Waals surface area contributed by atoms with Crippen LogP contribution in [-0.2, 0) is 77.8 Å². The van der Waals surface area contributed by atoms with Crippen molar-refractivity contribution in [3.05, 3.63) is 36.0 Å². The molecule has 1 aromatic heterocycles. The summed E-state index contributed by atoms with van der Waals surface area (Å²) >= 11 is 1.29. The number of aliphatic carboxylic acids is 4. The highest BCUT2D eigenvalue weighted by atomic mass is 32.2. The lowest BCUT2D eigenvalue weighted by molar-refractivity contribution is -0.143. The van der Waals surface area contributed by atoms with E-state index in [1.807, 2.05) is 0 Å². The summed E-state index contributed by atoms with van der Waals surface area (Å²) in [6.07, 6.45) is -4.65. The number of thioether (sulfide) groups is 1. The number of para-hydroxylation sites is 1. The number of aromatic nitrogens is 1. The van der Waals surface area contributed by atoms with Gasteiger partial charge in [0.05, 0.1) is 12.1 Å². The molecule has 32 nitrogen and oxygen atoms in total. The van der Waals surface area contributed by atoms with Crippen molar-refractivity contribution >= 4 is 108 Å². The SMILES string of the molecule is CSCC[C@H](NC(=O)[C@@H](NC(=O)[C@@H](NC(=O)[C@H](CCC(=O)O)NC(=O)[C@H](Cc1c[nH]c2ccccc12)NC(=O)[C@H](CCC(=O)O)NC(=O)[C@H](CCC(=O)O)NC(=O)[C@H](CCC(N)=O)NC(=O)[C@@H](N)CC(C)C)[C@@H](C)OP(=O)(O)O)C(C)C)C(=O)O. The maximum absolute atomic E-state index is 14.6. The minimum atomic E-state index is -5.49. The van der Waals surface area contributed by atoms with E-state index >= 15 is 0 Å².